The monoisotopic (exact) mass is 352 g/mol. The minimum Gasteiger partial charge on any atom is -0.319 e. The maximum absolute atomic E-state index is 12.1. The van der Waals surface area contributed by atoms with Gasteiger partial charge in [0, 0.05) is 18.0 Å². The molecule has 0 spiro atoms. The number of hydrogen-bond acceptors (Lipinski definition) is 5. The summed E-state index contributed by atoms with van der Waals surface area (Å²) in [5, 5.41) is 7.45. The van der Waals surface area contributed by atoms with Gasteiger partial charge in [-0.2, -0.15) is 0 Å². The molecule has 0 aliphatic heterocycles. The molecule has 0 aliphatic rings. The molecule has 0 radical (unpaired) electrons. The number of carbonyl (C=O) groups excluding carboxylic acids is 2. The van der Waals surface area contributed by atoms with Gasteiger partial charge in [-0.25, -0.2) is 4.98 Å². The largest absolute Gasteiger partial charge is 0.319 e. The number of aryl methyl sites for hydroxylation is 1. The molecule has 0 aliphatic carbocycles. The second-order valence-corrected chi connectivity index (χ2v) is 6.13. The van der Waals surface area contributed by atoms with Gasteiger partial charge in [0.25, 0.3) is 5.91 Å². The molecule has 2 amide bonds. The number of amides is 2. The van der Waals surface area contributed by atoms with Crippen molar-refractivity contribution in [1.82, 2.24) is 9.97 Å². The van der Waals surface area contributed by atoms with Gasteiger partial charge in [0.1, 0.15) is 5.69 Å². The molecule has 6 nitrogen and oxygen atoms in total. The number of aromatic nitrogens is 2. The van der Waals surface area contributed by atoms with Crippen LogP contribution in [0.25, 0.3) is 0 Å². The molecule has 0 unspecified atom stereocenters. The van der Waals surface area contributed by atoms with Gasteiger partial charge in [-0.15, -0.1) is 11.3 Å². The summed E-state index contributed by atoms with van der Waals surface area (Å²) in [6, 6.07) is 13.3. The number of nitrogens with zero attached hydrogens (tertiary/aromatic N) is 2. The Morgan fingerprint density at radius 1 is 1.04 bits per heavy atom. The smallest absolute Gasteiger partial charge is 0.275 e. The van der Waals surface area contributed by atoms with E-state index in [-0.39, 0.29) is 17.5 Å². The van der Waals surface area contributed by atoms with Crippen LogP contribution < -0.4 is 10.6 Å². The van der Waals surface area contributed by atoms with Gasteiger partial charge >= 0.3 is 0 Å². The van der Waals surface area contributed by atoms with Crippen molar-refractivity contribution in [3.63, 3.8) is 0 Å². The van der Waals surface area contributed by atoms with E-state index in [1.165, 1.54) is 11.3 Å². The van der Waals surface area contributed by atoms with Gasteiger partial charge in [0.15, 0.2) is 5.13 Å². The van der Waals surface area contributed by atoms with Crippen molar-refractivity contribution in [3.8, 4) is 0 Å². The van der Waals surface area contributed by atoms with Gasteiger partial charge in [-0.05, 0) is 24.1 Å². The summed E-state index contributed by atoms with van der Waals surface area (Å²) in [6.07, 6.45) is 4.20. The van der Waals surface area contributed by atoms with Crippen LogP contribution in [-0.4, -0.2) is 21.8 Å². The van der Waals surface area contributed by atoms with Crippen molar-refractivity contribution in [2.75, 3.05) is 10.6 Å². The van der Waals surface area contributed by atoms with E-state index < -0.39 is 0 Å². The molecule has 7 heteroatoms. The van der Waals surface area contributed by atoms with Crippen molar-refractivity contribution in [1.29, 1.82) is 0 Å². The maximum atomic E-state index is 12.1. The summed E-state index contributed by atoms with van der Waals surface area (Å²) in [4.78, 5) is 32.2. The SMILES string of the molecule is O=C(CCc1ccccc1)Nc1nc(C(=O)Nc2cccnc2)cs1. The lowest BCUT2D eigenvalue weighted by molar-refractivity contribution is -0.116. The van der Waals surface area contributed by atoms with Crippen molar-refractivity contribution in [2.24, 2.45) is 0 Å². The highest BCUT2D eigenvalue weighted by Gasteiger charge is 2.12. The Labute approximate surface area is 149 Å². The predicted molar refractivity (Wildman–Crippen MR) is 97.7 cm³/mol. The quantitative estimate of drug-likeness (QED) is 0.712. The molecule has 0 atom stereocenters. The molecular formula is C18H16N4O2S. The zero-order chi connectivity index (χ0) is 17.5. The molecule has 25 heavy (non-hydrogen) atoms. The molecule has 3 aromatic rings. The topological polar surface area (TPSA) is 84.0 Å². The first-order chi connectivity index (χ1) is 12.2. The average Bonchev–Trinajstić information content (AvgIpc) is 3.10. The number of thiazole rings is 1. The van der Waals surface area contributed by atoms with Crippen LogP contribution in [0.5, 0.6) is 0 Å². The first-order valence-electron chi connectivity index (χ1n) is 7.71. The number of nitrogens with one attached hydrogen (secondary N) is 2. The lowest BCUT2D eigenvalue weighted by Gasteiger charge is -2.03. The first-order valence-corrected chi connectivity index (χ1v) is 8.59. The van der Waals surface area contributed by atoms with Gasteiger partial charge in [0.2, 0.25) is 5.91 Å². The number of rotatable bonds is 6. The van der Waals surface area contributed by atoms with Crippen LogP contribution in [0.2, 0.25) is 0 Å². The van der Waals surface area contributed by atoms with Gasteiger partial charge < -0.3 is 10.6 Å². The second kappa shape index (κ2) is 8.16. The third-order valence-corrected chi connectivity index (χ3v) is 4.14. The summed E-state index contributed by atoms with van der Waals surface area (Å²) in [5.74, 6) is -0.466. The van der Waals surface area contributed by atoms with E-state index in [9.17, 15) is 9.59 Å². The second-order valence-electron chi connectivity index (χ2n) is 5.27. The number of pyridine rings is 1. The zero-order valence-corrected chi connectivity index (χ0v) is 14.1. The van der Waals surface area contributed by atoms with Crippen LogP contribution in [0.3, 0.4) is 0 Å². The highest BCUT2D eigenvalue weighted by molar-refractivity contribution is 7.14. The Morgan fingerprint density at radius 3 is 2.64 bits per heavy atom. The lowest BCUT2D eigenvalue weighted by Crippen LogP contribution is -2.14. The third kappa shape index (κ3) is 4.95. The molecule has 2 aromatic heterocycles. The minimum atomic E-state index is -0.339. The molecular weight excluding hydrogens is 336 g/mol. The lowest BCUT2D eigenvalue weighted by atomic mass is 10.1. The molecule has 0 saturated heterocycles. The van der Waals surface area contributed by atoms with E-state index in [2.05, 4.69) is 20.6 Å². The Morgan fingerprint density at radius 2 is 1.88 bits per heavy atom. The van der Waals surface area contributed by atoms with Crippen LogP contribution in [-0.2, 0) is 11.2 Å². The Balaban J connectivity index is 1.52. The standard InChI is InChI=1S/C18H16N4O2S/c23-16(9-8-13-5-2-1-3-6-13)22-18-21-15(12-25-18)17(24)20-14-7-4-10-19-11-14/h1-7,10-12H,8-9H2,(H,20,24)(H,21,22,23). The van der Waals surface area contributed by atoms with Gasteiger partial charge in [-0.1, -0.05) is 30.3 Å². The Kier molecular flexibility index (Phi) is 5.48. The fourth-order valence-corrected chi connectivity index (χ4v) is 2.86. The maximum Gasteiger partial charge on any atom is 0.275 e. The van der Waals surface area contributed by atoms with E-state index in [4.69, 9.17) is 0 Å². The van der Waals surface area contributed by atoms with Crippen molar-refractivity contribution < 1.29 is 9.59 Å². The molecule has 0 fully saturated rings. The van der Waals surface area contributed by atoms with Crippen LogP contribution in [0.15, 0.2) is 60.2 Å². The van der Waals surface area contributed by atoms with E-state index in [0.29, 0.717) is 23.7 Å². The zero-order valence-electron chi connectivity index (χ0n) is 13.3. The summed E-state index contributed by atoms with van der Waals surface area (Å²) >= 11 is 1.22. The van der Waals surface area contributed by atoms with Gasteiger partial charge in [-0.3, -0.25) is 14.6 Å². The minimum absolute atomic E-state index is 0.127. The highest BCUT2D eigenvalue weighted by atomic mass is 32.1. The Hall–Kier alpha value is -3.06. The van der Waals surface area contributed by atoms with Crippen LogP contribution in [0, 0.1) is 0 Å². The molecule has 126 valence electrons. The molecule has 1 aromatic carbocycles. The number of hydrogen-bond donors (Lipinski definition) is 2. The van der Waals surface area contributed by atoms with Crippen LogP contribution in [0.1, 0.15) is 22.5 Å². The summed E-state index contributed by atoms with van der Waals surface area (Å²) in [7, 11) is 0. The fourth-order valence-electron chi connectivity index (χ4n) is 2.15. The van der Waals surface area contributed by atoms with E-state index in [1.54, 1.807) is 29.9 Å². The Bertz CT molecular complexity index is 850. The average molecular weight is 352 g/mol. The predicted octanol–water partition coefficient (Wildman–Crippen LogP) is 3.36. The number of carbonyl (C=O) groups is 2. The van der Waals surface area contributed by atoms with Crippen LogP contribution >= 0.6 is 11.3 Å². The summed E-state index contributed by atoms with van der Waals surface area (Å²) in [6.45, 7) is 0. The molecule has 0 saturated carbocycles. The van der Waals surface area contributed by atoms with Crippen molar-refractivity contribution >= 4 is 34.0 Å². The first kappa shape index (κ1) is 16.8. The van der Waals surface area contributed by atoms with Gasteiger partial charge in [0.05, 0.1) is 11.9 Å². The van der Waals surface area contributed by atoms with E-state index in [1.807, 2.05) is 30.3 Å². The van der Waals surface area contributed by atoms with E-state index in [0.717, 1.165) is 5.56 Å². The van der Waals surface area contributed by atoms with Crippen molar-refractivity contribution in [2.45, 2.75) is 12.8 Å². The normalized spacial score (nSPS) is 10.2. The number of anilines is 2. The number of benzene rings is 1. The fraction of sp³-hybridized carbons (Fsp3) is 0.111. The third-order valence-electron chi connectivity index (χ3n) is 3.39. The molecule has 3 rings (SSSR count). The summed E-state index contributed by atoms with van der Waals surface area (Å²) < 4.78 is 0. The van der Waals surface area contributed by atoms with E-state index >= 15 is 0 Å². The highest BCUT2D eigenvalue weighted by Crippen LogP contribution is 2.17. The van der Waals surface area contributed by atoms with Crippen LogP contribution in [0.4, 0.5) is 10.8 Å². The van der Waals surface area contributed by atoms with Crippen molar-refractivity contribution in [3.05, 3.63) is 71.5 Å². The molecule has 2 N–H and O–H groups in total. The summed E-state index contributed by atoms with van der Waals surface area (Å²) in [5.41, 5.74) is 1.95. The molecule has 0 bridgehead atoms. The molecule has 2 heterocycles.